The molecule has 2 N–H and O–H groups in total. The number of anilines is 3. The molecule has 3 aromatic carbocycles. The zero-order valence-electron chi connectivity index (χ0n) is 22.0. The number of benzene rings is 3. The molecule has 0 unspecified atom stereocenters. The third kappa shape index (κ3) is 5.57. The average molecular weight is 519 g/mol. The minimum atomic E-state index is -1.38. The lowest BCUT2D eigenvalue weighted by atomic mass is 9.75. The van der Waals surface area contributed by atoms with E-state index in [1.165, 1.54) is 0 Å². The lowest BCUT2D eigenvalue weighted by Gasteiger charge is -2.28. The predicted octanol–water partition coefficient (Wildman–Crippen LogP) is 5.54. The van der Waals surface area contributed by atoms with Gasteiger partial charge in [0.05, 0.1) is 17.7 Å². The lowest BCUT2D eigenvalue weighted by molar-refractivity contribution is -0.130. The van der Waals surface area contributed by atoms with Crippen LogP contribution in [0.2, 0.25) is 0 Å². The standard InChI is InChI=1S/C32H30N4O3/c1-22-10-14-24(15-11-22)34-29(37)19-32(20-30(38)35-25-16-12-23(2)13-17-25)27-8-3-4-9-28(27)36(31(32)39)21-26-7-5-6-18-33-26/h3-18H,19-21H2,1-2H3,(H,34,37)(H,35,38). The summed E-state index contributed by atoms with van der Waals surface area (Å²) in [5.41, 5.74) is 4.08. The number of carbonyl (C=O) groups excluding carboxylic acids is 3. The topological polar surface area (TPSA) is 91.4 Å². The van der Waals surface area contributed by atoms with Crippen molar-refractivity contribution in [2.75, 3.05) is 15.5 Å². The molecule has 7 nitrogen and oxygen atoms in total. The van der Waals surface area contributed by atoms with E-state index < -0.39 is 5.41 Å². The van der Waals surface area contributed by atoms with Gasteiger partial charge in [0.15, 0.2) is 0 Å². The number of pyridine rings is 1. The highest BCUT2D eigenvalue weighted by Gasteiger charge is 2.53. The van der Waals surface area contributed by atoms with Gasteiger partial charge in [-0.1, -0.05) is 59.7 Å². The van der Waals surface area contributed by atoms with Crippen molar-refractivity contribution >= 4 is 34.8 Å². The number of amides is 3. The molecule has 1 aromatic heterocycles. The summed E-state index contributed by atoms with van der Waals surface area (Å²) in [6.07, 6.45) is 1.31. The van der Waals surface area contributed by atoms with Crippen LogP contribution in [0, 0.1) is 13.8 Å². The van der Waals surface area contributed by atoms with Crippen LogP contribution < -0.4 is 15.5 Å². The van der Waals surface area contributed by atoms with Crippen molar-refractivity contribution in [3.63, 3.8) is 0 Å². The first kappa shape index (κ1) is 25.9. The molecule has 0 fully saturated rings. The fourth-order valence-electron chi connectivity index (χ4n) is 5.04. The third-order valence-corrected chi connectivity index (χ3v) is 7.01. The van der Waals surface area contributed by atoms with Crippen molar-refractivity contribution in [1.29, 1.82) is 0 Å². The second-order valence-electron chi connectivity index (χ2n) is 9.99. The molecule has 5 rings (SSSR count). The Labute approximate surface area is 227 Å². The van der Waals surface area contributed by atoms with Gasteiger partial charge in [0.2, 0.25) is 17.7 Å². The molecule has 7 heteroatoms. The highest BCUT2D eigenvalue weighted by atomic mass is 16.2. The Bertz CT molecular complexity index is 1440. The minimum absolute atomic E-state index is 0.184. The van der Waals surface area contributed by atoms with Crippen LogP contribution >= 0.6 is 0 Å². The van der Waals surface area contributed by atoms with Gasteiger partial charge in [-0.2, -0.15) is 0 Å². The molecule has 0 saturated heterocycles. The molecular formula is C32H30N4O3. The van der Waals surface area contributed by atoms with Crippen LogP contribution in [0.5, 0.6) is 0 Å². The third-order valence-electron chi connectivity index (χ3n) is 7.01. The largest absolute Gasteiger partial charge is 0.326 e. The molecule has 1 aliphatic heterocycles. The number of aromatic nitrogens is 1. The number of hydrogen-bond donors (Lipinski definition) is 2. The number of fused-ring (bicyclic) bond motifs is 1. The fourth-order valence-corrected chi connectivity index (χ4v) is 5.04. The van der Waals surface area contributed by atoms with Gasteiger partial charge >= 0.3 is 0 Å². The molecule has 196 valence electrons. The van der Waals surface area contributed by atoms with Gasteiger partial charge in [-0.15, -0.1) is 0 Å². The van der Waals surface area contributed by atoms with Crippen LogP contribution in [0.25, 0.3) is 0 Å². The monoisotopic (exact) mass is 518 g/mol. The maximum Gasteiger partial charge on any atom is 0.239 e. The Morgan fingerprint density at radius 2 is 1.28 bits per heavy atom. The fraction of sp³-hybridized carbons (Fsp3) is 0.188. The number of aryl methyl sites for hydroxylation is 2. The molecule has 1 aliphatic rings. The van der Waals surface area contributed by atoms with E-state index in [-0.39, 0.29) is 37.1 Å². The molecule has 0 aliphatic carbocycles. The molecule has 39 heavy (non-hydrogen) atoms. The molecule has 0 radical (unpaired) electrons. The number of nitrogens with zero attached hydrogens (tertiary/aromatic N) is 2. The van der Waals surface area contributed by atoms with E-state index in [2.05, 4.69) is 15.6 Å². The molecule has 3 amide bonds. The van der Waals surface area contributed by atoms with Crippen LogP contribution in [0.15, 0.2) is 97.2 Å². The van der Waals surface area contributed by atoms with Gasteiger partial charge in [-0.3, -0.25) is 19.4 Å². The summed E-state index contributed by atoms with van der Waals surface area (Å²) in [5, 5.41) is 5.82. The maximum absolute atomic E-state index is 14.3. The second kappa shape index (κ2) is 10.9. The van der Waals surface area contributed by atoms with E-state index in [4.69, 9.17) is 0 Å². The summed E-state index contributed by atoms with van der Waals surface area (Å²) in [4.78, 5) is 47.2. The predicted molar refractivity (Wildman–Crippen MR) is 152 cm³/mol. The summed E-state index contributed by atoms with van der Waals surface area (Å²) in [7, 11) is 0. The molecule has 0 spiro atoms. The van der Waals surface area contributed by atoms with Crippen LogP contribution in [-0.4, -0.2) is 22.7 Å². The zero-order valence-corrected chi connectivity index (χ0v) is 22.0. The molecular weight excluding hydrogens is 488 g/mol. The Morgan fingerprint density at radius 3 is 1.82 bits per heavy atom. The molecule has 0 atom stereocenters. The van der Waals surface area contributed by atoms with E-state index in [1.54, 1.807) is 11.1 Å². The normalized spacial score (nSPS) is 13.6. The zero-order chi connectivity index (χ0) is 27.4. The van der Waals surface area contributed by atoms with E-state index in [1.807, 2.05) is 105 Å². The first-order chi connectivity index (χ1) is 18.8. The van der Waals surface area contributed by atoms with E-state index >= 15 is 0 Å². The van der Waals surface area contributed by atoms with Crippen molar-refractivity contribution < 1.29 is 14.4 Å². The number of para-hydroxylation sites is 1. The number of nitrogens with one attached hydrogen (secondary N) is 2. The summed E-state index contributed by atoms with van der Waals surface area (Å²) >= 11 is 0. The van der Waals surface area contributed by atoms with Gasteiger partial charge in [0.1, 0.15) is 0 Å². The van der Waals surface area contributed by atoms with Crippen LogP contribution in [0.4, 0.5) is 17.1 Å². The van der Waals surface area contributed by atoms with E-state index in [9.17, 15) is 14.4 Å². The number of carbonyl (C=O) groups is 3. The van der Waals surface area contributed by atoms with Gasteiger partial charge in [0, 0.05) is 36.1 Å². The smallest absolute Gasteiger partial charge is 0.239 e. The van der Waals surface area contributed by atoms with Crippen molar-refractivity contribution in [3.05, 3.63) is 120 Å². The number of rotatable bonds is 8. The quantitative estimate of drug-likeness (QED) is 0.320. The van der Waals surface area contributed by atoms with Crippen molar-refractivity contribution in [2.24, 2.45) is 0 Å². The SMILES string of the molecule is Cc1ccc(NC(=O)CC2(CC(=O)Nc3ccc(C)cc3)C(=O)N(Cc3ccccn3)c3ccccc32)cc1. The molecule has 2 heterocycles. The van der Waals surface area contributed by atoms with E-state index in [0.717, 1.165) is 11.1 Å². The first-order valence-corrected chi connectivity index (χ1v) is 12.9. The van der Waals surface area contributed by atoms with Crippen molar-refractivity contribution in [1.82, 2.24) is 4.98 Å². The van der Waals surface area contributed by atoms with Crippen LogP contribution in [-0.2, 0) is 26.3 Å². The highest BCUT2D eigenvalue weighted by Crippen LogP contribution is 2.47. The first-order valence-electron chi connectivity index (χ1n) is 12.9. The molecule has 4 aromatic rings. The van der Waals surface area contributed by atoms with Crippen LogP contribution in [0.1, 0.15) is 35.2 Å². The van der Waals surface area contributed by atoms with E-state index in [0.29, 0.717) is 28.3 Å². The minimum Gasteiger partial charge on any atom is -0.326 e. The Morgan fingerprint density at radius 1 is 0.744 bits per heavy atom. The van der Waals surface area contributed by atoms with Gasteiger partial charge in [0.25, 0.3) is 0 Å². The maximum atomic E-state index is 14.3. The van der Waals surface area contributed by atoms with Gasteiger partial charge < -0.3 is 15.5 Å². The molecule has 0 bridgehead atoms. The summed E-state index contributed by atoms with van der Waals surface area (Å²) in [5.74, 6) is -0.984. The summed E-state index contributed by atoms with van der Waals surface area (Å²) in [6, 6.07) is 27.8. The van der Waals surface area contributed by atoms with Crippen molar-refractivity contribution in [3.8, 4) is 0 Å². The second-order valence-corrected chi connectivity index (χ2v) is 9.99. The Hall–Kier alpha value is -4.78. The van der Waals surface area contributed by atoms with Crippen molar-refractivity contribution in [2.45, 2.75) is 38.6 Å². The Kier molecular flexibility index (Phi) is 7.23. The average Bonchev–Trinajstić information content (AvgIpc) is 3.14. The van der Waals surface area contributed by atoms with Gasteiger partial charge in [-0.05, 0) is 61.9 Å². The summed E-state index contributed by atoms with van der Waals surface area (Å²) in [6.45, 7) is 4.17. The highest BCUT2D eigenvalue weighted by molar-refractivity contribution is 6.13. The summed E-state index contributed by atoms with van der Waals surface area (Å²) < 4.78 is 0. The lowest BCUT2D eigenvalue weighted by Crippen LogP contribution is -2.45. The van der Waals surface area contributed by atoms with Crippen LogP contribution in [0.3, 0.4) is 0 Å². The van der Waals surface area contributed by atoms with Gasteiger partial charge in [-0.25, -0.2) is 0 Å². The Balaban J connectivity index is 1.49. The molecule has 0 saturated carbocycles. The number of hydrogen-bond acceptors (Lipinski definition) is 4.